The highest BCUT2D eigenvalue weighted by Gasteiger charge is 2.21. The fourth-order valence-electron chi connectivity index (χ4n) is 2.42. The molecule has 0 heterocycles. The van der Waals surface area contributed by atoms with Gasteiger partial charge in [-0.05, 0) is 5.56 Å². The Morgan fingerprint density at radius 1 is 1.08 bits per heavy atom. The zero-order chi connectivity index (χ0) is 19.1. The van der Waals surface area contributed by atoms with Crippen LogP contribution in [0.4, 0.5) is 5.69 Å². The molecule has 0 saturated carbocycles. The minimum Gasteiger partial charge on any atom is -0.495 e. The SMILES string of the molecule is COc1cc(N(CC(=O)NCc2ccccc2)C(C)=O)c(OC)cc1Cl. The molecule has 2 rings (SSSR count). The second kappa shape index (κ2) is 9.10. The van der Waals surface area contributed by atoms with Crippen molar-refractivity contribution in [2.75, 3.05) is 25.7 Å². The van der Waals surface area contributed by atoms with Gasteiger partial charge in [-0.2, -0.15) is 0 Å². The first-order valence-electron chi connectivity index (χ1n) is 7.96. The number of carbonyl (C=O) groups excluding carboxylic acids is 2. The normalized spacial score (nSPS) is 10.2. The first kappa shape index (κ1) is 19.6. The molecule has 26 heavy (non-hydrogen) atoms. The Morgan fingerprint density at radius 2 is 1.73 bits per heavy atom. The number of anilines is 1. The molecule has 0 aliphatic heterocycles. The Labute approximate surface area is 157 Å². The molecule has 138 valence electrons. The summed E-state index contributed by atoms with van der Waals surface area (Å²) in [5.41, 5.74) is 1.39. The lowest BCUT2D eigenvalue weighted by molar-refractivity contribution is -0.123. The van der Waals surface area contributed by atoms with E-state index in [4.69, 9.17) is 21.1 Å². The number of benzene rings is 2. The van der Waals surface area contributed by atoms with Gasteiger partial charge in [-0.3, -0.25) is 14.5 Å². The maximum Gasteiger partial charge on any atom is 0.240 e. The molecular weight excluding hydrogens is 356 g/mol. The molecule has 0 fully saturated rings. The van der Waals surface area contributed by atoms with E-state index >= 15 is 0 Å². The molecule has 2 aromatic rings. The van der Waals surface area contributed by atoms with Crippen LogP contribution in [0.3, 0.4) is 0 Å². The number of amides is 2. The van der Waals surface area contributed by atoms with Crippen molar-refractivity contribution in [2.45, 2.75) is 13.5 Å². The molecule has 2 aromatic carbocycles. The Morgan fingerprint density at radius 3 is 2.31 bits per heavy atom. The Bertz CT molecular complexity index is 781. The number of nitrogens with one attached hydrogen (secondary N) is 1. The summed E-state index contributed by atoms with van der Waals surface area (Å²) >= 11 is 6.10. The van der Waals surface area contributed by atoms with Gasteiger partial charge in [-0.25, -0.2) is 0 Å². The predicted octanol–water partition coefficient (Wildman–Crippen LogP) is 3.03. The van der Waals surface area contributed by atoms with E-state index < -0.39 is 0 Å². The van der Waals surface area contributed by atoms with Crippen LogP contribution in [0.1, 0.15) is 12.5 Å². The maximum absolute atomic E-state index is 12.3. The maximum atomic E-state index is 12.3. The summed E-state index contributed by atoms with van der Waals surface area (Å²) in [6, 6.07) is 12.7. The lowest BCUT2D eigenvalue weighted by Gasteiger charge is -2.23. The lowest BCUT2D eigenvalue weighted by atomic mass is 10.2. The first-order chi connectivity index (χ1) is 12.5. The van der Waals surface area contributed by atoms with Crippen molar-refractivity contribution in [3.63, 3.8) is 0 Å². The monoisotopic (exact) mass is 376 g/mol. The van der Waals surface area contributed by atoms with Crippen LogP contribution in [-0.4, -0.2) is 32.6 Å². The highest BCUT2D eigenvalue weighted by atomic mass is 35.5. The van der Waals surface area contributed by atoms with E-state index in [-0.39, 0.29) is 18.4 Å². The zero-order valence-electron chi connectivity index (χ0n) is 14.9. The molecule has 1 N–H and O–H groups in total. The van der Waals surface area contributed by atoms with Crippen molar-refractivity contribution in [3.8, 4) is 11.5 Å². The van der Waals surface area contributed by atoms with Gasteiger partial charge in [0, 0.05) is 25.6 Å². The molecule has 0 unspecified atom stereocenters. The molecule has 0 aromatic heterocycles. The van der Waals surface area contributed by atoms with E-state index in [0.29, 0.717) is 28.8 Å². The molecule has 6 nitrogen and oxygen atoms in total. The van der Waals surface area contributed by atoms with Crippen LogP contribution in [0.5, 0.6) is 11.5 Å². The second-order valence-corrected chi connectivity index (χ2v) is 5.93. The van der Waals surface area contributed by atoms with Crippen molar-refractivity contribution < 1.29 is 19.1 Å². The van der Waals surface area contributed by atoms with Crippen LogP contribution in [0, 0.1) is 0 Å². The van der Waals surface area contributed by atoms with Crippen molar-refractivity contribution in [1.29, 1.82) is 0 Å². The summed E-state index contributed by atoms with van der Waals surface area (Å²) < 4.78 is 10.5. The van der Waals surface area contributed by atoms with Gasteiger partial charge < -0.3 is 14.8 Å². The zero-order valence-corrected chi connectivity index (χ0v) is 15.7. The lowest BCUT2D eigenvalue weighted by Crippen LogP contribution is -2.39. The van der Waals surface area contributed by atoms with Crippen LogP contribution in [0.15, 0.2) is 42.5 Å². The molecule has 0 aliphatic carbocycles. The van der Waals surface area contributed by atoms with Crippen LogP contribution in [0.2, 0.25) is 5.02 Å². The third-order valence-electron chi connectivity index (χ3n) is 3.76. The van der Waals surface area contributed by atoms with Gasteiger partial charge >= 0.3 is 0 Å². The van der Waals surface area contributed by atoms with Crippen molar-refractivity contribution in [1.82, 2.24) is 5.32 Å². The van der Waals surface area contributed by atoms with Gasteiger partial charge in [-0.1, -0.05) is 41.9 Å². The molecule has 0 saturated heterocycles. The summed E-state index contributed by atoms with van der Waals surface area (Å²) in [7, 11) is 2.94. The number of rotatable bonds is 7. The Balaban J connectivity index is 2.18. The molecule has 0 bridgehead atoms. The van der Waals surface area contributed by atoms with Crippen LogP contribution >= 0.6 is 11.6 Å². The highest BCUT2D eigenvalue weighted by molar-refractivity contribution is 6.32. The molecule has 0 aliphatic rings. The fraction of sp³-hybridized carbons (Fsp3) is 0.263. The van der Waals surface area contributed by atoms with E-state index in [0.717, 1.165) is 5.56 Å². The number of nitrogens with zero attached hydrogens (tertiary/aromatic N) is 1. The van der Waals surface area contributed by atoms with Gasteiger partial charge in [0.15, 0.2) is 0 Å². The topological polar surface area (TPSA) is 67.9 Å². The number of carbonyl (C=O) groups is 2. The largest absolute Gasteiger partial charge is 0.495 e. The smallest absolute Gasteiger partial charge is 0.240 e. The fourth-order valence-corrected chi connectivity index (χ4v) is 2.65. The van der Waals surface area contributed by atoms with E-state index in [9.17, 15) is 9.59 Å². The van der Waals surface area contributed by atoms with Crippen molar-refractivity contribution in [3.05, 3.63) is 53.1 Å². The highest BCUT2D eigenvalue weighted by Crippen LogP contribution is 2.38. The molecule has 0 atom stereocenters. The van der Waals surface area contributed by atoms with Gasteiger partial charge in [0.05, 0.1) is 24.9 Å². The number of ether oxygens (including phenoxy) is 2. The van der Waals surface area contributed by atoms with Gasteiger partial charge in [-0.15, -0.1) is 0 Å². The first-order valence-corrected chi connectivity index (χ1v) is 8.34. The van der Waals surface area contributed by atoms with Crippen LogP contribution in [0.25, 0.3) is 0 Å². The average molecular weight is 377 g/mol. The molecule has 0 radical (unpaired) electrons. The molecule has 2 amide bonds. The van der Waals surface area contributed by atoms with E-state index in [2.05, 4.69) is 5.32 Å². The van der Waals surface area contributed by atoms with Gasteiger partial charge in [0.25, 0.3) is 0 Å². The van der Waals surface area contributed by atoms with Crippen molar-refractivity contribution >= 4 is 29.1 Å². The number of hydrogen-bond donors (Lipinski definition) is 1. The minimum atomic E-state index is -0.303. The average Bonchev–Trinajstić information content (AvgIpc) is 2.65. The summed E-state index contributed by atoms with van der Waals surface area (Å²) in [5.74, 6) is 0.169. The van der Waals surface area contributed by atoms with E-state index in [1.54, 1.807) is 12.1 Å². The minimum absolute atomic E-state index is 0.149. The predicted molar refractivity (Wildman–Crippen MR) is 101 cm³/mol. The van der Waals surface area contributed by atoms with Crippen LogP contribution in [-0.2, 0) is 16.1 Å². The van der Waals surface area contributed by atoms with Crippen LogP contribution < -0.4 is 19.7 Å². The van der Waals surface area contributed by atoms with E-state index in [1.807, 2.05) is 30.3 Å². The van der Waals surface area contributed by atoms with Gasteiger partial charge in [0.2, 0.25) is 11.8 Å². The number of methoxy groups -OCH3 is 2. The number of halogens is 1. The quantitative estimate of drug-likeness (QED) is 0.806. The summed E-state index contributed by atoms with van der Waals surface area (Å²) in [6.45, 7) is 1.61. The molecule has 7 heteroatoms. The third-order valence-corrected chi connectivity index (χ3v) is 4.05. The molecule has 0 spiro atoms. The summed E-state index contributed by atoms with van der Waals surface area (Å²) in [4.78, 5) is 25.8. The molecular formula is C19H21ClN2O4. The third kappa shape index (κ3) is 4.89. The van der Waals surface area contributed by atoms with Crippen molar-refractivity contribution in [2.24, 2.45) is 0 Å². The summed E-state index contributed by atoms with van der Waals surface area (Å²) in [6.07, 6.45) is 0. The second-order valence-electron chi connectivity index (χ2n) is 5.53. The van der Waals surface area contributed by atoms with Gasteiger partial charge in [0.1, 0.15) is 18.0 Å². The Kier molecular flexibility index (Phi) is 6.86. The number of hydrogen-bond acceptors (Lipinski definition) is 4. The summed E-state index contributed by atoms with van der Waals surface area (Å²) in [5, 5.41) is 3.15. The standard InChI is InChI=1S/C19H21ClN2O4/c1-13(23)22(12-19(24)21-11-14-7-5-4-6-8-14)16-10-17(25-2)15(20)9-18(16)26-3/h4-10H,11-12H2,1-3H3,(H,21,24). The Hall–Kier alpha value is -2.73. The van der Waals surface area contributed by atoms with E-state index in [1.165, 1.54) is 26.0 Å².